The van der Waals surface area contributed by atoms with E-state index in [0.29, 0.717) is 17.0 Å². The third kappa shape index (κ3) is 1.97. The summed E-state index contributed by atoms with van der Waals surface area (Å²) in [6, 6.07) is 3.38. The molecule has 0 saturated carbocycles. The van der Waals surface area contributed by atoms with E-state index in [9.17, 15) is 4.79 Å². The molecule has 3 rings (SSSR count). The molecule has 0 bridgehead atoms. The molecule has 0 aliphatic heterocycles. The standard InChI is InChI=1S/C11H8N4O4S/c16-11(17)15-4-12-8-7(6-2-1-3-18-6)13-10(19-5-20)14-9(8)15/h1-4,20H,5H2,(H,16,17). The SMILES string of the molecule is O=C(O)n1cnc2c(-c3ccco3)nc(OCS)nc21. The number of furan rings is 1. The number of fused-ring (bicyclic) bond motifs is 1. The first-order valence-electron chi connectivity index (χ1n) is 5.46. The first kappa shape index (κ1) is 12.5. The van der Waals surface area contributed by atoms with Gasteiger partial charge in [-0.1, -0.05) is 0 Å². The molecule has 0 aliphatic rings. The summed E-state index contributed by atoms with van der Waals surface area (Å²) in [5, 5.41) is 9.10. The van der Waals surface area contributed by atoms with Crippen LogP contribution in [0.2, 0.25) is 0 Å². The quantitative estimate of drug-likeness (QED) is 0.561. The summed E-state index contributed by atoms with van der Waals surface area (Å²) in [5.41, 5.74) is 0.793. The average molecular weight is 292 g/mol. The first-order chi connectivity index (χ1) is 9.70. The number of ether oxygens (including phenoxy) is 1. The van der Waals surface area contributed by atoms with Crippen LogP contribution in [0.5, 0.6) is 6.01 Å². The second kappa shape index (κ2) is 4.85. The van der Waals surface area contributed by atoms with Crippen molar-refractivity contribution >= 4 is 29.9 Å². The molecule has 0 radical (unpaired) electrons. The number of imidazole rings is 1. The number of thiol groups is 1. The molecule has 20 heavy (non-hydrogen) atoms. The van der Waals surface area contributed by atoms with Crippen LogP contribution in [0.1, 0.15) is 0 Å². The molecule has 0 saturated heterocycles. The summed E-state index contributed by atoms with van der Waals surface area (Å²) in [7, 11) is 0. The van der Waals surface area contributed by atoms with E-state index in [1.165, 1.54) is 6.26 Å². The van der Waals surface area contributed by atoms with Crippen LogP contribution in [0.4, 0.5) is 4.79 Å². The Morgan fingerprint density at radius 3 is 3.00 bits per heavy atom. The highest BCUT2D eigenvalue weighted by Gasteiger charge is 2.19. The van der Waals surface area contributed by atoms with E-state index >= 15 is 0 Å². The fraction of sp³-hybridized carbons (Fsp3) is 0.0909. The molecule has 3 aromatic heterocycles. The van der Waals surface area contributed by atoms with Crippen molar-refractivity contribution in [2.24, 2.45) is 0 Å². The molecule has 0 aliphatic carbocycles. The highest BCUT2D eigenvalue weighted by atomic mass is 32.1. The van der Waals surface area contributed by atoms with Crippen LogP contribution in [0.15, 0.2) is 29.1 Å². The van der Waals surface area contributed by atoms with Gasteiger partial charge in [-0.3, -0.25) is 0 Å². The summed E-state index contributed by atoms with van der Waals surface area (Å²) in [6.45, 7) is 0. The molecule has 0 amide bonds. The number of rotatable bonds is 3. The Kier molecular flexibility index (Phi) is 3.03. The van der Waals surface area contributed by atoms with Crippen LogP contribution in [-0.4, -0.2) is 36.7 Å². The molecule has 0 aromatic carbocycles. The number of nitrogens with zero attached hydrogens (tertiary/aromatic N) is 4. The van der Waals surface area contributed by atoms with Crippen molar-refractivity contribution in [2.75, 3.05) is 5.94 Å². The van der Waals surface area contributed by atoms with Gasteiger partial charge >= 0.3 is 12.1 Å². The van der Waals surface area contributed by atoms with Crippen molar-refractivity contribution in [1.82, 2.24) is 19.5 Å². The van der Waals surface area contributed by atoms with Gasteiger partial charge in [0.15, 0.2) is 11.4 Å². The predicted octanol–water partition coefficient (Wildman–Crippen LogP) is 1.88. The Balaban J connectivity index is 2.30. The fourth-order valence-corrected chi connectivity index (χ4v) is 1.84. The minimum absolute atomic E-state index is 0.00176. The third-order valence-electron chi connectivity index (χ3n) is 2.53. The van der Waals surface area contributed by atoms with Gasteiger partial charge in [-0.15, -0.1) is 12.6 Å². The lowest BCUT2D eigenvalue weighted by atomic mass is 10.3. The molecule has 0 fully saturated rings. The molecule has 3 heterocycles. The lowest BCUT2D eigenvalue weighted by Crippen LogP contribution is -2.08. The lowest BCUT2D eigenvalue weighted by molar-refractivity contribution is 0.197. The monoisotopic (exact) mass is 292 g/mol. The van der Waals surface area contributed by atoms with Gasteiger partial charge < -0.3 is 14.3 Å². The minimum atomic E-state index is -1.20. The van der Waals surface area contributed by atoms with E-state index in [4.69, 9.17) is 14.3 Å². The number of carbonyl (C=O) groups is 1. The van der Waals surface area contributed by atoms with Gasteiger partial charge in [0.1, 0.15) is 23.5 Å². The van der Waals surface area contributed by atoms with E-state index in [-0.39, 0.29) is 17.6 Å². The molecule has 0 unspecified atom stereocenters. The van der Waals surface area contributed by atoms with Crippen molar-refractivity contribution in [3.63, 3.8) is 0 Å². The molecule has 8 nitrogen and oxygen atoms in total. The molecule has 1 N–H and O–H groups in total. The summed E-state index contributed by atoms with van der Waals surface area (Å²) in [5.74, 6) is 0.502. The van der Waals surface area contributed by atoms with Crippen molar-refractivity contribution in [2.45, 2.75) is 0 Å². The largest absolute Gasteiger partial charge is 0.464 e. The maximum absolute atomic E-state index is 11.1. The maximum Gasteiger partial charge on any atom is 0.418 e. The predicted molar refractivity (Wildman–Crippen MR) is 70.9 cm³/mol. The van der Waals surface area contributed by atoms with Crippen molar-refractivity contribution < 1.29 is 19.1 Å². The zero-order chi connectivity index (χ0) is 14.1. The van der Waals surface area contributed by atoms with Gasteiger partial charge in [-0.25, -0.2) is 14.3 Å². The van der Waals surface area contributed by atoms with E-state index in [1.807, 2.05) is 0 Å². The van der Waals surface area contributed by atoms with Gasteiger partial charge in [0.2, 0.25) is 0 Å². The van der Waals surface area contributed by atoms with Crippen LogP contribution < -0.4 is 4.74 Å². The maximum atomic E-state index is 11.1. The van der Waals surface area contributed by atoms with Gasteiger partial charge in [0, 0.05) is 0 Å². The van der Waals surface area contributed by atoms with Crippen molar-refractivity contribution in [3.8, 4) is 17.5 Å². The summed E-state index contributed by atoms with van der Waals surface area (Å²) in [6.07, 6.45) is 1.43. The molecule has 0 atom stereocenters. The number of carboxylic acid groups (broad SMARTS) is 1. The highest BCUT2D eigenvalue weighted by Crippen LogP contribution is 2.27. The van der Waals surface area contributed by atoms with Crippen molar-refractivity contribution in [3.05, 3.63) is 24.7 Å². The van der Waals surface area contributed by atoms with E-state index in [2.05, 4.69) is 27.6 Å². The second-order valence-electron chi connectivity index (χ2n) is 3.67. The minimum Gasteiger partial charge on any atom is -0.464 e. The first-order valence-corrected chi connectivity index (χ1v) is 6.10. The second-order valence-corrected chi connectivity index (χ2v) is 3.93. The topological polar surface area (TPSA) is 103 Å². The Labute approximate surface area is 117 Å². The molecular weight excluding hydrogens is 284 g/mol. The summed E-state index contributed by atoms with van der Waals surface area (Å²) < 4.78 is 11.3. The number of hydrogen-bond acceptors (Lipinski definition) is 7. The Hall–Kier alpha value is -2.55. The van der Waals surface area contributed by atoms with Gasteiger partial charge in [0.05, 0.1) is 6.26 Å². The van der Waals surface area contributed by atoms with E-state index in [1.54, 1.807) is 12.1 Å². The highest BCUT2D eigenvalue weighted by molar-refractivity contribution is 7.80. The lowest BCUT2D eigenvalue weighted by Gasteiger charge is -2.04. The van der Waals surface area contributed by atoms with Crippen LogP contribution in [0.25, 0.3) is 22.6 Å². The third-order valence-corrected chi connectivity index (χ3v) is 2.66. The molecular formula is C11H8N4O4S. The normalized spacial score (nSPS) is 10.8. The fourth-order valence-electron chi connectivity index (χ4n) is 1.73. The number of aromatic nitrogens is 4. The van der Waals surface area contributed by atoms with Gasteiger partial charge in [0.25, 0.3) is 0 Å². The van der Waals surface area contributed by atoms with Crippen LogP contribution >= 0.6 is 12.6 Å². The molecule has 102 valence electrons. The Morgan fingerprint density at radius 1 is 1.50 bits per heavy atom. The molecule has 9 heteroatoms. The van der Waals surface area contributed by atoms with Gasteiger partial charge in [-0.2, -0.15) is 9.97 Å². The Bertz CT molecular complexity index is 768. The Morgan fingerprint density at radius 2 is 2.35 bits per heavy atom. The average Bonchev–Trinajstić information content (AvgIpc) is 3.07. The zero-order valence-electron chi connectivity index (χ0n) is 9.92. The van der Waals surface area contributed by atoms with Crippen molar-refractivity contribution in [1.29, 1.82) is 0 Å². The molecule has 3 aromatic rings. The smallest absolute Gasteiger partial charge is 0.418 e. The summed E-state index contributed by atoms with van der Waals surface area (Å²) in [4.78, 5) is 23.3. The zero-order valence-corrected chi connectivity index (χ0v) is 10.8. The van der Waals surface area contributed by atoms with E-state index in [0.717, 1.165) is 10.9 Å². The van der Waals surface area contributed by atoms with E-state index < -0.39 is 6.09 Å². The molecule has 0 spiro atoms. The number of hydrogen-bond donors (Lipinski definition) is 2. The van der Waals surface area contributed by atoms with Crippen LogP contribution in [-0.2, 0) is 0 Å². The summed E-state index contributed by atoms with van der Waals surface area (Å²) >= 11 is 3.92. The van der Waals surface area contributed by atoms with Crippen LogP contribution in [0.3, 0.4) is 0 Å². The van der Waals surface area contributed by atoms with Gasteiger partial charge in [-0.05, 0) is 12.1 Å². The van der Waals surface area contributed by atoms with Crippen LogP contribution in [0, 0.1) is 0 Å².